The van der Waals surface area contributed by atoms with E-state index in [1.165, 1.54) is 0 Å². The van der Waals surface area contributed by atoms with Crippen molar-refractivity contribution in [1.29, 1.82) is 0 Å². The molecule has 1 aliphatic heterocycles. The zero-order valence-electron chi connectivity index (χ0n) is 3.79. The molecule has 0 aromatic rings. The van der Waals surface area contributed by atoms with Gasteiger partial charge >= 0.3 is 0 Å². The van der Waals surface area contributed by atoms with Gasteiger partial charge in [-0.3, -0.25) is 0 Å². The van der Waals surface area contributed by atoms with Crippen molar-refractivity contribution in [3.05, 3.63) is 23.3 Å². The fourth-order valence-electron chi connectivity index (χ4n) is 0.397. The van der Waals surface area contributed by atoms with E-state index in [1.807, 2.05) is 12.2 Å². The maximum Gasteiger partial charge on any atom is 0.106 e. The Morgan fingerprint density at radius 2 is 2.57 bits per heavy atom. The van der Waals surface area contributed by atoms with E-state index in [9.17, 15) is 0 Å². The number of hydrogen-bond donors (Lipinski definition) is 1. The molecule has 0 spiro atoms. The third-order valence-corrected chi connectivity index (χ3v) is 0.940. The molecule has 0 fully saturated rings. The molecule has 0 bridgehead atoms. The predicted molar refractivity (Wildman–Crippen MR) is 32.2 cm³/mol. The van der Waals surface area contributed by atoms with Crippen LogP contribution in [-0.2, 0) is 4.74 Å². The first-order chi connectivity index (χ1) is 3.39. The summed E-state index contributed by atoms with van der Waals surface area (Å²) in [6.45, 7) is 0.685. The minimum absolute atomic E-state index is 0.685. The van der Waals surface area contributed by atoms with Crippen LogP contribution in [0.15, 0.2) is 23.3 Å². The average Bonchev–Trinajstić information content (AvgIpc) is 1.69. The maximum absolute atomic E-state index is 4.86. The van der Waals surface area contributed by atoms with Gasteiger partial charge in [-0.1, -0.05) is 0 Å². The molecule has 1 rings (SSSR count). The van der Waals surface area contributed by atoms with E-state index in [2.05, 4.69) is 12.6 Å². The van der Waals surface area contributed by atoms with Crippen molar-refractivity contribution in [1.82, 2.24) is 0 Å². The first kappa shape index (κ1) is 4.78. The van der Waals surface area contributed by atoms with Crippen molar-refractivity contribution in [2.75, 3.05) is 6.61 Å². The van der Waals surface area contributed by atoms with Crippen LogP contribution in [0.3, 0.4) is 0 Å². The Morgan fingerprint density at radius 1 is 1.71 bits per heavy atom. The molecule has 0 N–H and O–H groups in total. The standard InChI is InChI=1S/C5H6OS/c7-5-2-1-3-6-4-5/h1-2,4,7H,3H2. The number of rotatable bonds is 0. The van der Waals surface area contributed by atoms with Gasteiger partial charge in [0.1, 0.15) is 6.61 Å². The summed E-state index contributed by atoms with van der Waals surface area (Å²) in [7, 11) is 0. The molecular weight excluding hydrogens is 108 g/mol. The quantitative estimate of drug-likeness (QED) is 0.467. The lowest BCUT2D eigenvalue weighted by Crippen LogP contribution is -1.86. The topological polar surface area (TPSA) is 9.23 Å². The van der Waals surface area contributed by atoms with Crippen molar-refractivity contribution in [3.63, 3.8) is 0 Å². The Balaban J connectivity index is 2.58. The predicted octanol–water partition coefficient (Wildman–Crippen LogP) is 1.34. The van der Waals surface area contributed by atoms with Crippen molar-refractivity contribution in [2.24, 2.45) is 0 Å². The molecule has 0 unspecified atom stereocenters. The van der Waals surface area contributed by atoms with Gasteiger partial charge in [-0.25, -0.2) is 0 Å². The molecule has 0 saturated heterocycles. The zero-order valence-corrected chi connectivity index (χ0v) is 4.69. The van der Waals surface area contributed by atoms with Crippen LogP contribution in [0, 0.1) is 0 Å². The monoisotopic (exact) mass is 114 g/mol. The molecular formula is C5H6OS. The van der Waals surface area contributed by atoms with Gasteiger partial charge in [-0.2, -0.15) is 0 Å². The lowest BCUT2D eigenvalue weighted by Gasteiger charge is -2.00. The molecule has 38 valence electrons. The van der Waals surface area contributed by atoms with Gasteiger partial charge < -0.3 is 4.74 Å². The summed E-state index contributed by atoms with van der Waals surface area (Å²) < 4.78 is 4.86. The number of thiol groups is 1. The summed E-state index contributed by atoms with van der Waals surface area (Å²) in [4.78, 5) is 0.881. The molecule has 0 radical (unpaired) electrons. The van der Waals surface area contributed by atoms with Crippen molar-refractivity contribution < 1.29 is 4.74 Å². The first-order valence-corrected chi connectivity index (χ1v) is 2.51. The smallest absolute Gasteiger partial charge is 0.106 e. The van der Waals surface area contributed by atoms with E-state index >= 15 is 0 Å². The molecule has 0 aromatic heterocycles. The zero-order chi connectivity index (χ0) is 5.11. The van der Waals surface area contributed by atoms with Gasteiger partial charge in [0, 0.05) is 4.91 Å². The number of allylic oxidation sites excluding steroid dienone is 1. The highest BCUT2D eigenvalue weighted by Crippen LogP contribution is 2.05. The summed E-state index contributed by atoms with van der Waals surface area (Å²) in [5.74, 6) is 0. The molecule has 7 heavy (non-hydrogen) atoms. The van der Waals surface area contributed by atoms with Gasteiger partial charge in [0.2, 0.25) is 0 Å². The molecule has 2 heteroatoms. The van der Waals surface area contributed by atoms with Crippen LogP contribution >= 0.6 is 12.6 Å². The normalized spacial score (nSPS) is 18.1. The Hall–Kier alpha value is -0.370. The van der Waals surface area contributed by atoms with E-state index in [-0.39, 0.29) is 0 Å². The van der Waals surface area contributed by atoms with Crippen LogP contribution in [-0.4, -0.2) is 6.61 Å². The summed E-state index contributed by atoms with van der Waals surface area (Å²) in [5, 5.41) is 0. The van der Waals surface area contributed by atoms with E-state index in [4.69, 9.17) is 4.74 Å². The number of ether oxygens (including phenoxy) is 1. The fraction of sp³-hybridized carbons (Fsp3) is 0.200. The van der Waals surface area contributed by atoms with E-state index in [0.29, 0.717) is 6.61 Å². The van der Waals surface area contributed by atoms with Crippen LogP contribution in [0.25, 0.3) is 0 Å². The largest absolute Gasteiger partial charge is 0.496 e. The van der Waals surface area contributed by atoms with E-state index < -0.39 is 0 Å². The Labute approximate surface area is 48.1 Å². The Morgan fingerprint density at radius 3 is 2.86 bits per heavy atom. The molecule has 0 saturated carbocycles. The van der Waals surface area contributed by atoms with Crippen LogP contribution in [0.1, 0.15) is 0 Å². The van der Waals surface area contributed by atoms with Crippen LogP contribution in [0.2, 0.25) is 0 Å². The number of hydrogen-bond acceptors (Lipinski definition) is 2. The second kappa shape index (κ2) is 2.07. The van der Waals surface area contributed by atoms with E-state index in [0.717, 1.165) is 4.91 Å². The summed E-state index contributed by atoms with van der Waals surface area (Å²) in [6, 6.07) is 0. The molecule has 1 heterocycles. The lowest BCUT2D eigenvalue weighted by atomic mass is 10.4. The van der Waals surface area contributed by atoms with E-state index in [1.54, 1.807) is 6.26 Å². The van der Waals surface area contributed by atoms with Gasteiger partial charge in [-0.15, -0.1) is 12.6 Å². The van der Waals surface area contributed by atoms with Crippen LogP contribution in [0.4, 0.5) is 0 Å². The Bertz CT molecular complexity index is 115. The summed E-state index contributed by atoms with van der Waals surface area (Å²) in [5.41, 5.74) is 0. The van der Waals surface area contributed by atoms with Crippen LogP contribution < -0.4 is 0 Å². The SMILES string of the molecule is SC1=COCC=C1. The minimum atomic E-state index is 0.685. The van der Waals surface area contributed by atoms with Gasteiger partial charge in [0.15, 0.2) is 0 Å². The second-order valence-electron chi connectivity index (χ2n) is 1.28. The summed E-state index contributed by atoms with van der Waals surface area (Å²) in [6.07, 6.45) is 5.46. The summed E-state index contributed by atoms with van der Waals surface area (Å²) >= 11 is 4.01. The minimum Gasteiger partial charge on any atom is -0.496 e. The van der Waals surface area contributed by atoms with Crippen molar-refractivity contribution >= 4 is 12.6 Å². The highest BCUT2D eigenvalue weighted by molar-refractivity contribution is 7.84. The molecule has 0 atom stereocenters. The van der Waals surface area contributed by atoms with Crippen molar-refractivity contribution in [3.8, 4) is 0 Å². The third-order valence-electron chi connectivity index (χ3n) is 0.685. The Kier molecular flexibility index (Phi) is 1.42. The molecule has 1 aliphatic rings. The molecule has 0 aliphatic carbocycles. The van der Waals surface area contributed by atoms with Crippen molar-refractivity contribution in [2.45, 2.75) is 0 Å². The van der Waals surface area contributed by atoms with Gasteiger partial charge in [0.05, 0.1) is 6.26 Å². The highest BCUT2D eigenvalue weighted by Gasteiger charge is 1.86. The second-order valence-corrected chi connectivity index (χ2v) is 1.79. The molecule has 1 nitrogen and oxygen atoms in total. The highest BCUT2D eigenvalue weighted by atomic mass is 32.1. The fourth-order valence-corrected chi connectivity index (χ4v) is 0.577. The van der Waals surface area contributed by atoms with Gasteiger partial charge in [-0.05, 0) is 12.2 Å². The first-order valence-electron chi connectivity index (χ1n) is 2.07. The molecule has 0 aromatic carbocycles. The lowest BCUT2D eigenvalue weighted by molar-refractivity contribution is 0.285. The maximum atomic E-state index is 4.86. The molecule has 0 amide bonds. The van der Waals surface area contributed by atoms with Gasteiger partial charge in [0.25, 0.3) is 0 Å². The average molecular weight is 114 g/mol. The van der Waals surface area contributed by atoms with Crippen LogP contribution in [0.5, 0.6) is 0 Å². The third kappa shape index (κ3) is 1.27.